The molecular weight excluding hydrogens is 394 g/mol. The SMILES string of the molecule is CCNC(=NCc1nnc2ccccn12)NC1CCN(c2cc(OC)cc(OC)c2)C1. The van der Waals surface area contributed by atoms with Gasteiger partial charge >= 0.3 is 0 Å². The molecule has 9 heteroatoms. The van der Waals surface area contributed by atoms with Crippen molar-refractivity contribution in [2.75, 3.05) is 38.8 Å². The number of aliphatic imine (C=N–C) groups is 1. The highest BCUT2D eigenvalue weighted by Gasteiger charge is 2.24. The van der Waals surface area contributed by atoms with Crippen molar-refractivity contribution in [2.24, 2.45) is 4.99 Å². The molecule has 0 spiro atoms. The van der Waals surface area contributed by atoms with E-state index in [1.807, 2.05) is 47.0 Å². The number of aromatic nitrogens is 3. The van der Waals surface area contributed by atoms with Crippen LogP contribution in [-0.2, 0) is 6.54 Å². The maximum Gasteiger partial charge on any atom is 0.191 e. The van der Waals surface area contributed by atoms with Crippen molar-refractivity contribution in [2.45, 2.75) is 25.9 Å². The first-order chi connectivity index (χ1) is 15.2. The van der Waals surface area contributed by atoms with Crippen LogP contribution in [0.1, 0.15) is 19.2 Å². The number of ether oxygens (including phenoxy) is 2. The van der Waals surface area contributed by atoms with Gasteiger partial charge in [-0.15, -0.1) is 10.2 Å². The summed E-state index contributed by atoms with van der Waals surface area (Å²) in [6.45, 7) is 5.11. The minimum atomic E-state index is 0.283. The second-order valence-electron chi connectivity index (χ2n) is 7.39. The van der Waals surface area contributed by atoms with E-state index in [1.165, 1.54) is 0 Å². The molecule has 0 amide bonds. The third kappa shape index (κ3) is 4.82. The number of nitrogens with zero attached hydrogens (tertiary/aromatic N) is 5. The molecule has 1 atom stereocenters. The quantitative estimate of drug-likeness (QED) is 0.444. The second-order valence-corrected chi connectivity index (χ2v) is 7.39. The molecule has 1 aliphatic heterocycles. The lowest BCUT2D eigenvalue weighted by Crippen LogP contribution is -2.44. The summed E-state index contributed by atoms with van der Waals surface area (Å²) in [5.74, 6) is 3.18. The normalized spacial score (nSPS) is 16.5. The van der Waals surface area contributed by atoms with Gasteiger partial charge in [0, 0.05) is 55.8 Å². The number of rotatable bonds is 7. The van der Waals surface area contributed by atoms with Gasteiger partial charge in [-0.25, -0.2) is 4.99 Å². The van der Waals surface area contributed by atoms with Crippen LogP contribution in [0, 0.1) is 0 Å². The minimum absolute atomic E-state index is 0.283. The summed E-state index contributed by atoms with van der Waals surface area (Å²) < 4.78 is 12.8. The zero-order chi connectivity index (χ0) is 21.6. The zero-order valence-corrected chi connectivity index (χ0v) is 18.2. The van der Waals surface area contributed by atoms with Crippen molar-refractivity contribution in [3.8, 4) is 11.5 Å². The van der Waals surface area contributed by atoms with E-state index in [2.05, 4.69) is 32.7 Å². The lowest BCUT2D eigenvalue weighted by molar-refractivity contribution is 0.394. The number of fused-ring (bicyclic) bond motifs is 1. The lowest BCUT2D eigenvalue weighted by Gasteiger charge is -2.21. The fourth-order valence-corrected chi connectivity index (χ4v) is 3.75. The standard InChI is InChI=1S/C22H29N7O2/c1-4-23-22(24-14-21-27-26-20-7-5-6-9-29(20)21)25-16-8-10-28(15-16)17-11-18(30-2)13-19(12-17)31-3/h5-7,9,11-13,16H,4,8,10,14-15H2,1-3H3,(H2,23,24,25). The molecule has 1 fully saturated rings. The molecule has 0 radical (unpaired) electrons. The van der Waals surface area contributed by atoms with Crippen LogP contribution in [0.5, 0.6) is 11.5 Å². The van der Waals surface area contributed by atoms with Gasteiger partial charge in [-0.1, -0.05) is 6.07 Å². The van der Waals surface area contributed by atoms with Gasteiger partial charge in [0.25, 0.3) is 0 Å². The van der Waals surface area contributed by atoms with Crippen LogP contribution in [0.4, 0.5) is 5.69 Å². The average molecular weight is 424 g/mol. The average Bonchev–Trinajstić information content (AvgIpc) is 3.44. The van der Waals surface area contributed by atoms with E-state index in [0.717, 1.165) is 60.7 Å². The number of nitrogens with one attached hydrogen (secondary N) is 2. The van der Waals surface area contributed by atoms with Gasteiger partial charge in [-0.05, 0) is 25.5 Å². The molecule has 1 unspecified atom stereocenters. The Morgan fingerprint density at radius 2 is 1.97 bits per heavy atom. The van der Waals surface area contributed by atoms with Crippen LogP contribution in [-0.4, -0.2) is 60.5 Å². The Morgan fingerprint density at radius 3 is 2.71 bits per heavy atom. The highest BCUT2D eigenvalue weighted by Crippen LogP contribution is 2.30. The Morgan fingerprint density at radius 1 is 1.16 bits per heavy atom. The van der Waals surface area contributed by atoms with E-state index < -0.39 is 0 Å². The Hall–Kier alpha value is -3.49. The van der Waals surface area contributed by atoms with Crippen molar-refractivity contribution in [3.05, 3.63) is 48.4 Å². The highest BCUT2D eigenvalue weighted by atomic mass is 16.5. The van der Waals surface area contributed by atoms with Crippen LogP contribution in [0.25, 0.3) is 5.65 Å². The summed E-state index contributed by atoms with van der Waals surface area (Å²) in [6.07, 6.45) is 2.97. The van der Waals surface area contributed by atoms with Crippen molar-refractivity contribution in [3.63, 3.8) is 0 Å². The highest BCUT2D eigenvalue weighted by molar-refractivity contribution is 5.80. The number of hydrogen-bond donors (Lipinski definition) is 2. The molecule has 3 aromatic rings. The summed E-state index contributed by atoms with van der Waals surface area (Å²) >= 11 is 0. The van der Waals surface area contributed by atoms with Crippen molar-refractivity contribution in [1.29, 1.82) is 0 Å². The number of hydrogen-bond acceptors (Lipinski definition) is 6. The Labute approximate surface area is 182 Å². The second kappa shape index (κ2) is 9.55. The summed E-state index contributed by atoms with van der Waals surface area (Å²) in [6, 6.07) is 12.1. The maximum atomic E-state index is 5.41. The van der Waals surface area contributed by atoms with E-state index in [4.69, 9.17) is 14.5 Å². The van der Waals surface area contributed by atoms with Gasteiger partial charge < -0.3 is 25.0 Å². The molecule has 9 nitrogen and oxygen atoms in total. The summed E-state index contributed by atoms with van der Waals surface area (Å²) in [4.78, 5) is 7.07. The summed E-state index contributed by atoms with van der Waals surface area (Å²) in [5, 5.41) is 15.4. The number of benzene rings is 1. The predicted octanol–water partition coefficient (Wildman–Crippen LogP) is 2.08. The molecular formula is C22H29N7O2. The third-order valence-electron chi connectivity index (χ3n) is 5.34. The molecule has 1 saturated heterocycles. The van der Waals surface area contributed by atoms with E-state index in [-0.39, 0.29) is 6.04 Å². The first-order valence-corrected chi connectivity index (χ1v) is 10.5. The molecule has 1 aliphatic rings. The fraction of sp³-hybridized carbons (Fsp3) is 0.409. The molecule has 31 heavy (non-hydrogen) atoms. The molecule has 0 aliphatic carbocycles. The third-order valence-corrected chi connectivity index (χ3v) is 5.34. The van der Waals surface area contributed by atoms with Crippen LogP contribution < -0.4 is 25.0 Å². The molecule has 1 aromatic carbocycles. The van der Waals surface area contributed by atoms with Crippen molar-refractivity contribution in [1.82, 2.24) is 25.2 Å². The number of pyridine rings is 1. The van der Waals surface area contributed by atoms with E-state index >= 15 is 0 Å². The lowest BCUT2D eigenvalue weighted by atomic mass is 10.2. The molecule has 0 bridgehead atoms. The number of methoxy groups -OCH3 is 2. The van der Waals surface area contributed by atoms with Gasteiger partial charge in [0.1, 0.15) is 18.0 Å². The van der Waals surface area contributed by atoms with Gasteiger partial charge in [0.2, 0.25) is 0 Å². The smallest absolute Gasteiger partial charge is 0.191 e. The van der Waals surface area contributed by atoms with Gasteiger partial charge in [-0.2, -0.15) is 0 Å². The van der Waals surface area contributed by atoms with E-state index in [9.17, 15) is 0 Å². The van der Waals surface area contributed by atoms with Crippen molar-refractivity contribution >= 4 is 17.3 Å². The molecule has 2 N–H and O–H groups in total. The summed E-state index contributed by atoms with van der Waals surface area (Å²) in [7, 11) is 3.34. The van der Waals surface area contributed by atoms with Crippen LogP contribution in [0.2, 0.25) is 0 Å². The number of anilines is 1. The first kappa shape index (κ1) is 20.8. The van der Waals surface area contributed by atoms with Gasteiger partial charge in [0.05, 0.1) is 14.2 Å². The van der Waals surface area contributed by atoms with E-state index in [0.29, 0.717) is 6.54 Å². The molecule has 3 heterocycles. The Bertz CT molecular complexity index is 1030. The Kier molecular flexibility index (Phi) is 6.40. The van der Waals surface area contributed by atoms with Gasteiger partial charge in [0.15, 0.2) is 17.4 Å². The maximum absolute atomic E-state index is 5.41. The molecule has 0 saturated carbocycles. The monoisotopic (exact) mass is 423 g/mol. The van der Waals surface area contributed by atoms with E-state index in [1.54, 1.807) is 14.2 Å². The van der Waals surface area contributed by atoms with Crippen LogP contribution in [0.15, 0.2) is 47.6 Å². The van der Waals surface area contributed by atoms with Crippen LogP contribution >= 0.6 is 0 Å². The number of guanidine groups is 1. The fourth-order valence-electron chi connectivity index (χ4n) is 3.75. The van der Waals surface area contributed by atoms with Crippen molar-refractivity contribution < 1.29 is 9.47 Å². The van der Waals surface area contributed by atoms with Gasteiger partial charge in [-0.3, -0.25) is 4.40 Å². The largest absolute Gasteiger partial charge is 0.497 e. The minimum Gasteiger partial charge on any atom is -0.497 e. The molecule has 4 rings (SSSR count). The zero-order valence-electron chi connectivity index (χ0n) is 18.2. The molecule has 2 aromatic heterocycles. The Balaban J connectivity index is 1.43. The topological polar surface area (TPSA) is 88.3 Å². The molecule has 164 valence electrons. The summed E-state index contributed by atoms with van der Waals surface area (Å²) in [5.41, 5.74) is 1.92. The predicted molar refractivity (Wildman–Crippen MR) is 121 cm³/mol. The van der Waals surface area contributed by atoms with Crippen LogP contribution in [0.3, 0.4) is 0 Å². The first-order valence-electron chi connectivity index (χ1n) is 10.5.